The van der Waals surface area contributed by atoms with Crippen LogP contribution in [-0.4, -0.2) is 0 Å². The summed E-state index contributed by atoms with van der Waals surface area (Å²) in [4.78, 5) is 0. The summed E-state index contributed by atoms with van der Waals surface area (Å²) in [6, 6.07) is 0. The van der Waals surface area contributed by atoms with Crippen LogP contribution in [-0.2, 0) is 0 Å². The quantitative estimate of drug-likeness (QED) is 0.484. The van der Waals surface area contributed by atoms with Crippen molar-refractivity contribution >= 4 is 0 Å². The van der Waals surface area contributed by atoms with E-state index in [1.807, 2.05) is 0 Å². The van der Waals surface area contributed by atoms with Gasteiger partial charge >= 0.3 is 0 Å². The standard InChI is InChI=1S/C10H14/c1-7(2)10-6-8-3-4-9(10)5-8/h3-4,8-10H,1,5-6H2,2H3/t8-,9+,10-/m0/s1. The molecule has 2 aliphatic rings. The molecular weight excluding hydrogens is 120 g/mol. The molecule has 0 spiro atoms. The van der Waals surface area contributed by atoms with E-state index in [4.69, 9.17) is 0 Å². The molecule has 2 bridgehead atoms. The van der Waals surface area contributed by atoms with Gasteiger partial charge in [-0.3, -0.25) is 0 Å². The second kappa shape index (κ2) is 1.98. The van der Waals surface area contributed by atoms with E-state index in [1.165, 1.54) is 18.4 Å². The summed E-state index contributed by atoms with van der Waals surface area (Å²) < 4.78 is 0. The molecule has 0 aromatic heterocycles. The third-order valence-electron chi connectivity index (χ3n) is 2.91. The molecule has 3 atom stereocenters. The lowest BCUT2D eigenvalue weighted by Gasteiger charge is -2.17. The molecule has 0 unspecified atom stereocenters. The third kappa shape index (κ3) is 0.749. The van der Waals surface area contributed by atoms with Gasteiger partial charge in [0, 0.05) is 0 Å². The molecule has 0 heterocycles. The zero-order valence-corrected chi connectivity index (χ0v) is 6.51. The topological polar surface area (TPSA) is 0 Å². The largest absolute Gasteiger partial charge is 0.0998 e. The Morgan fingerprint density at radius 2 is 2.20 bits per heavy atom. The SMILES string of the molecule is C=C(C)[C@@H]1C[C@H]2C=C[C@@H]1C2. The van der Waals surface area contributed by atoms with Crippen molar-refractivity contribution in [2.75, 3.05) is 0 Å². The molecule has 0 aromatic carbocycles. The first kappa shape index (κ1) is 6.21. The van der Waals surface area contributed by atoms with Crippen molar-refractivity contribution in [3.63, 3.8) is 0 Å². The van der Waals surface area contributed by atoms with E-state index in [1.54, 1.807) is 0 Å². The average molecular weight is 134 g/mol. The first-order valence-corrected chi connectivity index (χ1v) is 4.11. The molecule has 1 fully saturated rings. The molecule has 0 radical (unpaired) electrons. The van der Waals surface area contributed by atoms with Crippen LogP contribution in [0.3, 0.4) is 0 Å². The van der Waals surface area contributed by atoms with E-state index in [0.717, 1.165) is 17.8 Å². The maximum atomic E-state index is 4.02. The lowest BCUT2D eigenvalue weighted by Crippen LogP contribution is -2.06. The van der Waals surface area contributed by atoms with Gasteiger partial charge in [-0.05, 0) is 37.5 Å². The van der Waals surface area contributed by atoms with Gasteiger partial charge < -0.3 is 0 Å². The second-order valence-corrected chi connectivity index (χ2v) is 3.73. The minimum atomic E-state index is 0.815. The maximum Gasteiger partial charge on any atom is -0.0140 e. The molecule has 10 heavy (non-hydrogen) atoms. The molecule has 0 nitrogen and oxygen atoms in total. The molecule has 0 heteroatoms. The highest BCUT2D eigenvalue weighted by Gasteiger charge is 2.35. The van der Waals surface area contributed by atoms with Gasteiger partial charge in [0.15, 0.2) is 0 Å². The van der Waals surface area contributed by atoms with E-state index in [-0.39, 0.29) is 0 Å². The van der Waals surface area contributed by atoms with Gasteiger partial charge in [0.2, 0.25) is 0 Å². The predicted octanol–water partition coefficient (Wildman–Crippen LogP) is 2.77. The Morgan fingerprint density at radius 1 is 1.40 bits per heavy atom. The number of hydrogen-bond acceptors (Lipinski definition) is 0. The number of allylic oxidation sites excluding steroid dienone is 3. The molecule has 1 saturated carbocycles. The monoisotopic (exact) mass is 134 g/mol. The molecular formula is C10H14. The fraction of sp³-hybridized carbons (Fsp3) is 0.600. The summed E-state index contributed by atoms with van der Waals surface area (Å²) in [5, 5.41) is 0. The lowest BCUT2D eigenvalue weighted by atomic mass is 9.88. The fourth-order valence-corrected chi connectivity index (χ4v) is 2.35. The smallest absolute Gasteiger partial charge is 0.0140 e. The third-order valence-corrected chi connectivity index (χ3v) is 2.91. The highest BCUT2D eigenvalue weighted by Crippen LogP contribution is 2.45. The summed E-state index contributed by atoms with van der Waals surface area (Å²) in [6.45, 7) is 6.19. The molecule has 0 N–H and O–H groups in total. The van der Waals surface area contributed by atoms with Crippen molar-refractivity contribution in [2.45, 2.75) is 19.8 Å². The number of rotatable bonds is 1. The van der Waals surface area contributed by atoms with E-state index >= 15 is 0 Å². The summed E-state index contributed by atoms with van der Waals surface area (Å²) in [7, 11) is 0. The van der Waals surface area contributed by atoms with Crippen LogP contribution in [0.5, 0.6) is 0 Å². The van der Waals surface area contributed by atoms with E-state index in [2.05, 4.69) is 25.7 Å². The highest BCUT2D eigenvalue weighted by molar-refractivity contribution is 5.17. The minimum absolute atomic E-state index is 0.815. The van der Waals surface area contributed by atoms with E-state index < -0.39 is 0 Å². The molecule has 0 aromatic rings. The van der Waals surface area contributed by atoms with Crippen molar-refractivity contribution in [1.82, 2.24) is 0 Å². The van der Waals surface area contributed by atoms with Crippen LogP contribution < -0.4 is 0 Å². The first-order chi connectivity index (χ1) is 4.77. The Kier molecular flexibility index (Phi) is 1.23. The van der Waals surface area contributed by atoms with Gasteiger partial charge in [0.1, 0.15) is 0 Å². The fourth-order valence-electron chi connectivity index (χ4n) is 2.35. The van der Waals surface area contributed by atoms with Crippen LogP contribution >= 0.6 is 0 Å². The van der Waals surface area contributed by atoms with Gasteiger partial charge in [-0.2, -0.15) is 0 Å². The van der Waals surface area contributed by atoms with Crippen molar-refractivity contribution in [1.29, 1.82) is 0 Å². The molecule has 2 aliphatic carbocycles. The van der Waals surface area contributed by atoms with Gasteiger partial charge in [0.25, 0.3) is 0 Å². The average Bonchev–Trinajstić information content (AvgIpc) is 2.44. The van der Waals surface area contributed by atoms with Crippen LogP contribution in [0.1, 0.15) is 19.8 Å². The van der Waals surface area contributed by atoms with E-state index in [9.17, 15) is 0 Å². The lowest BCUT2D eigenvalue weighted by molar-refractivity contribution is 0.521. The summed E-state index contributed by atoms with van der Waals surface area (Å²) in [5.74, 6) is 2.56. The summed E-state index contributed by atoms with van der Waals surface area (Å²) in [5.41, 5.74) is 1.39. The highest BCUT2D eigenvalue weighted by atomic mass is 14.4. The number of fused-ring (bicyclic) bond motifs is 2. The predicted molar refractivity (Wildman–Crippen MR) is 43.7 cm³/mol. The molecule has 0 saturated heterocycles. The second-order valence-electron chi connectivity index (χ2n) is 3.73. The number of hydrogen-bond donors (Lipinski definition) is 0. The van der Waals surface area contributed by atoms with Crippen LogP contribution in [0.25, 0.3) is 0 Å². The van der Waals surface area contributed by atoms with Crippen molar-refractivity contribution in [3.8, 4) is 0 Å². The van der Waals surface area contributed by atoms with Gasteiger partial charge in [0.05, 0.1) is 0 Å². The normalized spacial score (nSPS) is 42.7. The first-order valence-electron chi connectivity index (χ1n) is 4.11. The Bertz CT molecular complexity index is 188. The zero-order valence-electron chi connectivity index (χ0n) is 6.51. The van der Waals surface area contributed by atoms with Gasteiger partial charge in [-0.15, -0.1) is 0 Å². The van der Waals surface area contributed by atoms with Crippen molar-refractivity contribution < 1.29 is 0 Å². The van der Waals surface area contributed by atoms with Crippen LogP contribution in [0.15, 0.2) is 24.3 Å². The molecule has 2 rings (SSSR count). The molecule has 0 aliphatic heterocycles. The van der Waals surface area contributed by atoms with Crippen molar-refractivity contribution in [3.05, 3.63) is 24.3 Å². The van der Waals surface area contributed by atoms with Crippen LogP contribution in [0, 0.1) is 17.8 Å². The molecule has 0 amide bonds. The summed E-state index contributed by atoms with van der Waals surface area (Å²) >= 11 is 0. The van der Waals surface area contributed by atoms with Crippen LogP contribution in [0.2, 0.25) is 0 Å². The Hall–Kier alpha value is -0.520. The van der Waals surface area contributed by atoms with Crippen LogP contribution in [0.4, 0.5) is 0 Å². The summed E-state index contributed by atoms with van der Waals surface area (Å²) in [6.07, 6.45) is 7.53. The Balaban J connectivity index is 2.16. The maximum absolute atomic E-state index is 4.02. The van der Waals surface area contributed by atoms with E-state index in [0.29, 0.717) is 0 Å². The van der Waals surface area contributed by atoms with Crippen molar-refractivity contribution in [2.24, 2.45) is 17.8 Å². The molecule has 54 valence electrons. The Morgan fingerprint density at radius 3 is 2.50 bits per heavy atom. The van der Waals surface area contributed by atoms with Gasteiger partial charge in [-0.1, -0.05) is 24.3 Å². The van der Waals surface area contributed by atoms with Gasteiger partial charge in [-0.25, -0.2) is 0 Å². The minimum Gasteiger partial charge on any atom is -0.0998 e. The zero-order chi connectivity index (χ0) is 7.14. The Labute approximate surface area is 62.6 Å².